The smallest absolute Gasteiger partial charge is 0.312 e. The topological polar surface area (TPSA) is 69.7 Å². The van der Waals surface area contributed by atoms with Crippen molar-refractivity contribution in [2.75, 3.05) is 26.2 Å². The fraction of sp³-hybridized carbons (Fsp3) is 0.500. The van der Waals surface area contributed by atoms with Crippen LogP contribution in [0.15, 0.2) is 24.3 Å². The lowest BCUT2D eigenvalue weighted by Gasteiger charge is -2.34. The van der Waals surface area contributed by atoms with Gasteiger partial charge in [0.25, 0.3) is 0 Å². The Labute approximate surface area is 147 Å². The van der Waals surface area contributed by atoms with E-state index in [4.69, 9.17) is 0 Å². The van der Waals surface area contributed by atoms with Crippen molar-refractivity contribution in [2.45, 2.75) is 32.7 Å². The Morgan fingerprint density at radius 3 is 2.36 bits per heavy atom. The van der Waals surface area contributed by atoms with Gasteiger partial charge >= 0.3 is 11.8 Å². The van der Waals surface area contributed by atoms with Gasteiger partial charge in [0.1, 0.15) is 5.82 Å². The second kappa shape index (κ2) is 8.60. The summed E-state index contributed by atoms with van der Waals surface area (Å²) >= 11 is 0. The molecule has 0 bridgehead atoms. The van der Waals surface area contributed by atoms with Crippen molar-refractivity contribution in [3.8, 4) is 0 Å². The quantitative estimate of drug-likeness (QED) is 0.823. The van der Waals surface area contributed by atoms with Crippen LogP contribution in [-0.2, 0) is 20.8 Å². The molecule has 1 aliphatic heterocycles. The summed E-state index contributed by atoms with van der Waals surface area (Å²) in [6, 6.07) is 6.12. The van der Waals surface area contributed by atoms with Crippen LogP contribution in [0.5, 0.6) is 0 Å². The molecule has 1 aromatic rings. The number of amides is 3. The second-order valence-corrected chi connectivity index (χ2v) is 6.43. The van der Waals surface area contributed by atoms with Crippen molar-refractivity contribution in [3.05, 3.63) is 35.6 Å². The van der Waals surface area contributed by atoms with Gasteiger partial charge in [-0.1, -0.05) is 12.1 Å². The normalized spacial score (nSPS) is 14.6. The number of piperazine rings is 1. The predicted molar refractivity (Wildman–Crippen MR) is 91.2 cm³/mol. The number of carbonyl (C=O) groups is 3. The Balaban J connectivity index is 1.78. The zero-order valence-electron chi connectivity index (χ0n) is 14.6. The highest BCUT2D eigenvalue weighted by atomic mass is 19.1. The Kier molecular flexibility index (Phi) is 6.50. The van der Waals surface area contributed by atoms with Crippen LogP contribution in [0.3, 0.4) is 0 Å². The number of benzene rings is 1. The van der Waals surface area contributed by atoms with Crippen LogP contribution in [0.2, 0.25) is 0 Å². The zero-order chi connectivity index (χ0) is 18.4. The predicted octanol–water partition coefficient (Wildman–Crippen LogP) is 0.954. The van der Waals surface area contributed by atoms with E-state index in [9.17, 15) is 18.8 Å². The van der Waals surface area contributed by atoms with Gasteiger partial charge < -0.3 is 15.1 Å². The maximum Gasteiger partial charge on any atom is 0.312 e. The first-order valence-electron chi connectivity index (χ1n) is 8.49. The van der Waals surface area contributed by atoms with Crippen LogP contribution in [0.25, 0.3) is 0 Å². The monoisotopic (exact) mass is 349 g/mol. The summed E-state index contributed by atoms with van der Waals surface area (Å²) in [6.45, 7) is 5.08. The third-order valence-electron chi connectivity index (χ3n) is 4.05. The van der Waals surface area contributed by atoms with Crippen molar-refractivity contribution < 1.29 is 18.8 Å². The van der Waals surface area contributed by atoms with Gasteiger partial charge in [-0.05, 0) is 38.0 Å². The molecule has 0 unspecified atom stereocenters. The molecule has 3 amide bonds. The summed E-state index contributed by atoms with van der Waals surface area (Å²) in [4.78, 5) is 39.2. The van der Waals surface area contributed by atoms with E-state index in [0.29, 0.717) is 39.0 Å². The van der Waals surface area contributed by atoms with Gasteiger partial charge in [-0.25, -0.2) is 4.39 Å². The van der Waals surface area contributed by atoms with E-state index in [1.807, 2.05) is 0 Å². The lowest BCUT2D eigenvalue weighted by molar-refractivity contribution is -0.148. The summed E-state index contributed by atoms with van der Waals surface area (Å²) < 4.78 is 13.1. The third-order valence-corrected chi connectivity index (χ3v) is 4.05. The van der Waals surface area contributed by atoms with Crippen LogP contribution in [0, 0.1) is 5.82 Å². The molecule has 7 heteroatoms. The van der Waals surface area contributed by atoms with E-state index in [2.05, 4.69) is 5.32 Å². The molecule has 0 radical (unpaired) electrons. The fourth-order valence-electron chi connectivity index (χ4n) is 2.73. The van der Waals surface area contributed by atoms with Crippen LogP contribution in [0.1, 0.15) is 25.8 Å². The number of carbonyl (C=O) groups excluding carboxylic acids is 3. The first kappa shape index (κ1) is 18.9. The molecule has 1 saturated heterocycles. The Bertz CT molecular complexity index is 640. The van der Waals surface area contributed by atoms with Gasteiger partial charge in [0.05, 0.1) is 0 Å². The average molecular weight is 349 g/mol. The highest BCUT2D eigenvalue weighted by Gasteiger charge is 2.27. The Hall–Kier alpha value is -2.44. The van der Waals surface area contributed by atoms with Gasteiger partial charge in [-0.15, -0.1) is 0 Å². The van der Waals surface area contributed by atoms with Gasteiger partial charge in [-0.2, -0.15) is 0 Å². The molecule has 1 N–H and O–H groups in total. The molecule has 0 atom stereocenters. The van der Waals surface area contributed by atoms with Crippen molar-refractivity contribution >= 4 is 17.7 Å². The van der Waals surface area contributed by atoms with Crippen molar-refractivity contribution in [2.24, 2.45) is 0 Å². The molecule has 0 aliphatic carbocycles. The van der Waals surface area contributed by atoms with E-state index >= 15 is 0 Å². The SMILES string of the molecule is CC(C)NC(=O)C(=O)N1CCN(C(=O)CCc2cccc(F)c2)CC1. The number of halogens is 1. The molecule has 25 heavy (non-hydrogen) atoms. The number of nitrogens with zero attached hydrogens (tertiary/aromatic N) is 2. The molecular weight excluding hydrogens is 325 g/mol. The average Bonchev–Trinajstić information content (AvgIpc) is 2.58. The van der Waals surface area contributed by atoms with Gasteiger partial charge in [0.15, 0.2) is 0 Å². The molecule has 1 aliphatic rings. The standard InChI is InChI=1S/C18H24FN3O3/c1-13(2)20-17(24)18(25)22-10-8-21(9-11-22)16(23)7-6-14-4-3-5-15(19)12-14/h3-5,12-13H,6-11H2,1-2H3,(H,20,24). The molecule has 2 rings (SSSR count). The van der Waals surface area contributed by atoms with E-state index in [-0.39, 0.29) is 17.8 Å². The molecule has 0 spiro atoms. The second-order valence-electron chi connectivity index (χ2n) is 6.43. The van der Waals surface area contributed by atoms with Crippen LogP contribution < -0.4 is 5.32 Å². The van der Waals surface area contributed by atoms with Crippen molar-refractivity contribution in [1.82, 2.24) is 15.1 Å². The number of hydrogen-bond donors (Lipinski definition) is 1. The first-order chi connectivity index (χ1) is 11.9. The summed E-state index contributed by atoms with van der Waals surface area (Å²) in [5, 5.41) is 2.58. The van der Waals surface area contributed by atoms with E-state index in [0.717, 1.165) is 5.56 Å². The van der Waals surface area contributed by atoms with Gasteiger partial charge in [-0.3, -0.25) is 14.4 Å². The van der Waals surface area contributed by atoms with Crippen LogP contribution in [-0.4, -0.2) is 59.7 Å². The maximum atomic E-state index is 13.1. The van der Waals surface area contributed by atoms with Crippen LogP contribution >= 0.6 is 0 Å². The number of aryl methyl sites for hydroxylation is 1. The summed E-state index contributed by atoms with van der Waals surface area (Å²) in [5.74, 6) is -1.50. The Morgan fingerprint density at radius 2 is 1.76 bits per heavy atom. The molecule has 1 heterocycles. The van der Waals surface area contributed by atoms with Gasteiger partial charge in [0, 0.05) is 38.6 Å². The highest BCUT2D eigenvalue weighted by molar-refractivity contribution is 6.35. The largest absolute Gasteiger partial charge is 0.346 e. The van der Waals surface area contributed by atoms with Gasteiger partial charge in [0.2, 0.25) is 5.91 Å². The fourth-order valence-corrected chi connectivity index (χ4v) is 2.73. The molecule has 6 nitrogen and oxygen atoms in total. The lowest BCUT2D eigenvalue weighted by atomic mass is 10.1. The molecule has 136 valence electrons. The van der Waals surface area contributed by atoms with E-state index in [1.54, 1.807) is 30.9 Å². The van der Waals surface area contributed by atoms with Crippen molar-refractivity contribution in [1.29, 1.82) is 0 Å². The zero-order valence-corrected chi connectivity index (χ0v) is 14.6. The number of nitrogens with one attached hydrogen (secondary N) is 1. The molecule has 0 aromatic heterocycles. The summed E-state index contributed by atoms with van der Waals surface area (Å²) in [5.41, 5.74) is 0.785. The summed E-state index contributed by atoms with van der Waals surface area (Å²) in [6.07, 6.45) is 0.776. The lowest BCUT2D eigenvalue weighted by Crippen LogP contribution is -2.54. The minimum absolute atomic E-state index is 0.0250. The Morgan fingerprint density at radius 1 is 1.12 bits per heavy atom. The number of hydrogen-bond acceptors (Lipinski definition) is 3. The maximum absolute atomic E-state index is 13.1. The van der Waals surface area contributed by atoms with Crippen LogP contribution in [0.4, 0.5) is 4.39 Å². The highest BCUT2D eigenvalue weighted by Crippen LogP contribution is 2.09. The molecule has 1 fully saturated rings. The molecule has 1 aromatic carbocycles. The first-order valence-corrected chi connectivity index (χ1v) is 8.49. The third kappa shape index (κ3) is 5.55. The van der Waals surface area contributed by atoms with E-state index in [1.165, 1.54) is 17.0 Å². The minimum Gasteiger partial charge on any atom is -0.346 e. The molecular formula is C18H24FN3O3. The number of rotatable bonds is 4. The van der Waals surface area contributed by atoms with E-state index < -0.39 is 11.8 Å². The van der Waals surface area contributed by atoms with Crippen molar-refractivity contribution in [3.63, 3.8) is 0 Å². The minimum atomic E-state index is -0.610. The summed E-state index contributed by atoms with van der Waals surface area (Å²) in [7, 11) is 0. The molecule has 0 saturated carbocycles.